The molecule has 0 saturated heterocycles. The van der Waals surface area contributed by atoms with Crippen molar-refractivity contribution >= 4 is 11.3 Å². The highest BCUT2D eigenvalue weighted by Crippen LogP contribution is 2.22. The summed E-state index contributed by atoms with van der Waals surface area (Å²) >= 11 is 2.00. The van der Waals surface area contributed by atoms with Gasteiger partial charge in [-0.3, -0.25) is 0 Å². The topological polar surface area (TPSA) is 12.0 Å². The lowest BCUT2D eigenvalue weighted by Gasteiger charge is -2.17. The molecule has 1 rings (SSSR count). The van der Waals surface area contributed by atoms with Crippen molar-refractivity contribution in [2.45, 2.75) is 53.4 Å². The van der Waals surface area contributed by atoms with Gasteiger partial charge < -0.3 is 5.32 Å². The fraction of sp³-hybridized carbons (Fsp3) is 0.750. The molecule has 1 aromatic heterocycles. The molecule has 0 amide bonds. The summed E-state index contributed by atoms with van der Waals surface area (Å²) in [6, 6.07) is 4.62. The Morgan fingerprint density at radius 2 is 1.83 bits per heavy atom. The van der Waals surface area contributed by atoms with Gasteiger partial charge in [-0.15, -0.1) is 11.3 Å². The van der Waals surface area contributed by atoms with Crippen LogP contribution >= 0.6 is 11.3 Å². The van der Waals surface area contributed by atoms with Crippen molar-refractivity contribution in [2.75, 3.05) is 13.1 Å². The van der Waals surface area contributed by atoms with Gasteiger partial charge in [0.15, 0.2) is 0 Å². The lowest BCUT2D eigenvalue weighted by molar-refractivity contribution is 0.423. The highest BCUT2D eigenvalue weighted by molar-refractivity contribution is 7.11. The van der Waals surface area contributed by atoms with Gasteiger partial charge in [-0.2, -0.15) is 0 Å². The molecule has 1 atom stereocenters. The number of hydrogen-bond donors (Lipinski definition) is 1. The van der Waals surface area contributed by atoms with Crippen LogP contribution in [-0.2, 0) is 12.8 Å². The minimum Gasteiger partial charge on any atom is -0.316 e. The van der Waals surface area contributed by atoms with Crippen LogP contribution in [0, 0.1) is 11.8 Å². The van der Waals surface area contributed by atoms with Gasteiger partial charge >= 0.3 is 0 Å². The molecule has 0 saturated carbocycles. The predicted octanol–water partition coefficient (Wildman–Crippen LogP) is 4.51. The first-order valence-corrected chi connectivity index (χ1v) is 8.25. The number of nitrogens with one attached hydrogen (secondary N) is 1. The molecule has 1 N–H and O–H groups in total. The SMILES string of the molecule is CCCC(CNCC(C)C)Cc1ccc(CC)s1. The lowest BCUT2D eigenvalue weighted by Crippen LogP contribution is -2.27. The second-order valence-electron chi connectivity index (χ2n) is 5.63. The van der Waals surface area contributed by atoms with E-state index < -0.39 is 0 Å². The lowest BCUT2D eigenvalue weighted by atomic mass is 9.98. The maximum absolute atomic E-state index is 3.62. The molecule has 0 aliphatic carbocycles. The Labute approximate surface area is 117 Å². The number of thiophene rings is 1. The van der Waals surface area contributed by atoms with Gasteiger partial charge in [0.05, 0.1) is 0 Å². The molecule has 18 heavy (non-hydrogen) atoms. The van der Waals surface area contributed by atoms with Gasteiger partial charge in [-0.25, -0.2) is 0 Å². The molecular formula is C16H29NS. The van der Waals surface area contributed by atoms with Crippen LogP contribution in [-0.4, -0.2) is 13.1 Å². The number of aryl methyl sites for hydroxylation is 1. The van der Waals surface area contributed by atoms with E-state index in [1.54, 1.807) is 4.88 Å². The van der Waals surface area contributed by atoms with Crippen LogP contribution in [0.2, 0.25) is 0 Å². The molecule has 2 heteroatoms. The molecule has 104 valence electrons. The van der Waals surface area contributed by atoms with E-state index in [4.69, 9.17) is 0 Å². The monoisotopic (exact) mass is 267 g/mol. The van der Waals surface area contributed by atoms with E-state index in [0.717, 1.165) is 18.4 Å². The van der Waals surface area contributed by atoms with Crippen LogP contribution in [0.4, 0.5) is 0 Å². The highest BCUT2D eigenvalue weighted by Gasteiger charge is 2.10. The Morgan fingerprint density at radius 1 is 1.11 bits per heavy atom. The number of rotatable bonds is 9. The Morgan fingerprint density at radius 3 is 2.39 bits per heavy atom. The van der Waals surface area contributed by atoms with E-state index in [-0.39, 0.29) is 0 Å². The second kappa shape index (κ2) is 8.71. The van der Waals surface area contributed by atoms with Gasteiger partial charge in [0, 0.05) is 9.75 Å². The van der Waals surface area contributed by atoms with E-state index in [9.17, 15) is 0 Å². The normalized spacial score (nSPS) is 13.2. The smallest absolute Gasteiger partial charge is 0.00514 e. The molecule has 1 aromatic rings. The van der Waals surface area contributed by atoms with Gasteiger partial charge in [-0.1, -0.05) is 34.1 Å². The second-order valence-corrected chi connectivity index (χ2v) is 6.89. The summed E-state index contributed by atoms with van der Waals surface area (Å²) in [5.41, 5.74) is 0. The van der Waals surface area contributed by atoms with Gasteiger partial charge in [0.1, 0.15) is 0 Å². The van der Waals surface area contributed by atoms with Crippen LogP contribution in [0.1, 0.15) is 50.3 Å². The van der Waals surface area contributed by atoms with Crippen LogP contribution in [0.25, 0.3) is 0 Å². The van der Waals surface area contributed by atoms with Crippen molar-refractivity contribution in [1.82, 2.24) is 5.32 Å². The van der Waals surface area contributed by atoms with Crippen molar-refractivity contribution in [2.24, 2.45) is 11.8 Å². The van der Waals surface area contributed by atoms with E-state index in [1.165, 1.54) is 37.1 Å². The molecule has 1 unspecified atom stereocenters. The Bertz CT molecular complexity index is 317. The Kier molecular flexibility index (Phi) is 7.60. The van der Waals surface area contributed by atoms with Crippen LogP contribution in [0.5, 0.6) is 0 Å². The first kappa shape index (κ1) is 15.7. The number of hydrogen-bond acceptors (Lipinski definition) is 2. The molecule has 1 nitrogen and oxygen atoms in total. The third-order valence-corrected chi connectivity index (χ3v) is 4.49. The van der Waals surface area contributed by atoms with Gasteiger partial charge in [0.2, 0.25) is 0 Å². The summed E-state index contributed by atoms with van der Waals surface area (Å²) in [6.07, 6.45) is 5.06. The summed E-state index contributed by atoms with van der Waals surface area (Å²) in [7, 11) is 0. The van der Waals surface area contributed by atoms with Crippen molar-refractivity contribution in [3.8, 4) is 0 Å². The van der Waals surface area contributed by atoms with Gasteiger partial charge in [-0.05, 0) is 56.3 Å². The van der Waals surface area contributed by atoms with Crippen molar-refractivity contribution in [3.05, 3.63) is 21.9 Å². The summed E-state index contributed by atoms with van der Waals surface area (Å²) in [4.78, 5) is 3.09. The van der Waals surface area contributed by atoms with E-state index in [0.29, 0.717) is 0 Å². The van der Waals surface area contributed by atoms with Crippen molar-refractivity contribution < 1.29 is 0 Å². The third-order valence-electron chi connectivity index (χ3n) is 3.24. The van der Waals surface area contributed by atoms with Crippen LogP contribution in [0.15, 0.2) is 12.1 Å². The largest absolute Gasteiger partial charge is 0.316 e. The van der Waals surface area contributed by atoms with Crippen LogP contribution in [0.3, 0.4) is 0 Å². The molecule has 0 aromatic carbocycles. The Balaban J connectivity index is 2.41. The molecule has 0 aliphatic heterocycles. The summed E-state index contributed by atoms with van der Waals surface area (Å²) in [5.74, 6) is 1.55. The van der Waals surface area contributed by atoms with Crippen molar-refractivity contribution in [3.63, 3.8) is 0 Å². The first-order valence-electron chi connectivity index (χ1n) is 7.44. The van der Waals surface area contributed by atoms with E-state index in [2.05, 4.69) is 45.1 Å². The zero-order valence-electron chi connectivity index (χ0n) is 12.5. The fourth-order valence-corrected chi connectivity index (χ4v) is 3.34. The molecule has 0 spiro atoms. The first-order chi connectivity index (χ1) is 8.65. The minimum absolute atomic E-state index is 0.751. The average molecular weight is 267 g/mol. The quantitative estimate of drug-likeness (QED) is 0.694. The van der Waals surface area contributed by atoms with Crippen LogP contribution < -0.4 is 5.32 Å². The standard InChI is InChI=1S/C16H29NS/c1-5-7-14(12-17-11-13(3)4)10-16-9-8-15(6-2)18-16/h8-9,13-14,17H,5-7,10-12H2,1-4H3. The molecule has 0 aliphatic rings. The fourth-order valence-electron chi connectivity index (χ4n) is 2.27. The average Bonchev–Trinajstić information content (AvgIpc) is 2.76. The zero-order chi connectivity index (χ0) is 13.4. The maximum atomic E-state index is 3.62. The molecule has 1 heterocycles. The molecular weight excluding hydrogens is 238 g/mol. The van der Waals surface area contributed by atoms with E-state index >= 15 is 0 Å². The predicted molar refractivity (Wildman–Crippen MR) is 83.5 cm³/mol. The maximum Gasteiger partial charge on any atom is 0.00514 e. The van der Waals surface area contributed by atoms with Gasteiger partial charge in [0.25, 0.3) is 0 Å². The molecule has 0 fully saturated rings. The van der Waals surface area contributed by atoms with E-state index in [1.807, 2.05) is 11.3 Å². The summed E-state index contributed by atoms with van der Waals surface area (Å²) in [5, 5.41) is 3.62. The molecule has 0 bridgehead atoms. The van der Waals surface area contributed by atoms with Crippen molar-refractivity contribution in [1.29, 1.82) is 0 Å². The third kappa shape index (κ3) is 6.01. The minimum atomic E-state index is 0.751. The summed E-state index contributed by atoms with van der Waals surface area (Å²) in [6.45, 7) is 11.4. The highest BCUT2D eigenvalue weighted by atomic mass is 32.1. The Hall–Kier alpha value is -0.340. The summed E-state index contributed by atoms with van der Waals surface area (Å²) < 4.78 is 0. The zero-order valence-corrected chi connectivity index (χ0v) is 13.3. The molecule has 0 radical (unpaired) electrons.